The van der Waals surface area contributed by atoms with E-state index in [1.165, 1.54) is 0 Å². The fraction of sp³-hybridized carbons (Fsp3) is 0.357. The second-order valence-electron chi connectivity index (χ2n) is 4.12. The van der Waals surface area contributed by atoms with Crippen LogP contribution in [0.25, 0.3) is 0 Å². The second kappa shape index (κ2) is 5.96. The zero-order valence-electron chi connectivity index (χ0n) is 11.1. The highest BCUT2D eigenvalue weighted by atomic mass is 32.1. The number of hydrogen-bond acceptors (Lipinski definition) is 4. The van der Waals surface area contributed by atoms with Crippen molar-refractivity contribution in [1.29, 1.82) is 0 Å². The molecule has 0 aliphatic carbocycles. The third-order valence-corrected chi connectivity index (χ3v) is 3.15. The molecule has 0 amide bonds. The van der Waals surface area contributed by atoms with Crippen molar-refractivity contribution in [1.82, 2.24) is 0 Å². The average Bonchev–Trinajstić information content (AvgIpc) is 2.31. The molecule has 0 aliphatic rings. The Hall–Kier alpha value is -1.42. The fourth-order valence-electron chi connectivity index (χ4n) is 1.59. The van der Waals surface area contributed by atoms with Gasteiger partial charge in [0.05, 0.1) is 0 Å². The van der Waals surface area contributed by atoms with Gasteiger partial charge in [-0.2, -0.15) is 0 Å². The zero-order chi connectivity index (χ0) is 13.9. The van der Waals surface area contributed by atoms with Gasteiger partial charge in [-0.25, -0.2) is 4.79 Å². The first-order valence-corrected chi connectivity index (χ1v) is 6.11. The Labute approximate surface area is 113 Å². The molecule has 1 unspecified atom stereocenters. The Morgan fingerprint density at radius 2 is 2.00 bits per heavy atom. The molecule has 0 aliphatic heterocycles. The van der Waals surface area contributed by atoms with Crippen molar-refractivity contribution in [3.8, 4) is 5.75 Å². The van der Waals surface area contributed by atoms with Crippen LogP contribution in [0.1, 0.15) is 23.6 Å². The molecule has 0 spiro atoms. The maximum Gasteiger partial charge on any atom is 0.333 e. The number of benzene rings is 1. The molecular formula is C14H18O3S. The molecule has 0 heterocycles. The van der Waals surface area contributed by atoms with E-state index in [1.807, 2.05) is 26.8 Å². The quantitative estimate of drug-likeness (QED) is 0.393. The first kappa shape index (κ1) is 14.6. The Morgan fingerprint density at radius 1 is 1.39 bits per heavy atom. The van der Waals surface area contributed by atoms with E-state index >= 15 is 0 Å². The predicted molar refractivity (Wildman–Crippen MR) is 74.3 cm³/mol. The normalized spacial score (nSPS) is 11.8. The van der Waals surface area contributed by atoms with Crippen LogP contribution in [-0.4, -0.2) is 12.3 Å². The molecule has 1 rings (SSSR count). The summed E-state index contributed by atoms with van der Waals surface area (Å²) in [4.78, 5) is 11.8. The van der Waals surface area contributed by atoms with Gasteiger partial charge < -0.3 is 9.47 Å². The summed E-state index contributed by atoms with van der Waals surface area (Å²) in [6, 6.07) is 1.93. The number of hydrogen-bond donors (Lipinski definition) is 1. The predicted octanol–water partition coefficient (Wildman–Crippen LogP) is 3.35. The largest absolute Gasteiger partial charge is 0.454 e. The minimum absolute atomic E-state index is 0.510. The molecule has 18 heavy (non-hydrogen) atoms. The molecule has 0 fully saturated rings. The molecule has 3 nitrogen and oxygen atoms in total. The standard InChI is InChI=1S/C14H18O3S/c1-6-13(15)16-11(5)17-14-10(4)9(3)8(2)7-12(14)18/h6-7,11,18H,1H2,2-5H3. The lowest BCUT2D eigenvalue weighted by molar-refractivity contribution is -0.155. The van der Waals surface area contributed by atoms with Crippen molar-refractivity contribution in [2.75, 3.05) is 0 Å². The minimum atomic E-state index is -0.679. The highest BCUT2D eigenvalue weighted by Crippen LogP contribution is 2.32. The van der Waals surface area contributed by atoms with E-state index in [0.717, 1.165) is 27.7 Å². The maximum absolute atomic E-state index is 11.1. The van der Waals surface area contributed by atoms with E-state index in [4.69, 9.17) is 9.47 Å². The van der Waals surface area contributed by atoms with Gasteiger partial charge in [-0.05, 0) is 43.5 Å². The molecule has 1 aromatic carbocycles. The Bertz CT molecular complexity index is 480. The van der Waals surface area contributed by atoms with Crippen LogP contribution in [0.5, 0.6) is 5.75 Å². The molecule has 1 atom stereocenters. The fourth-order valence-corrected chi connectivity index (χ4v) is 2.00. The third kappa shape index (κ3) is 3.29. The molecule has 0 radical (unpaired) electrons. The summed E-state index contributed by atoms with van der Waals surface area (Å²) >= 11 is 4.39. The van der Waals surface area contributed by atoms with E-state index in [2.05, 4.69) is 19.2 Å². The van der Waals surface area contributed by atoms with Gasteiger partial charge in [-0.1, -0.05) is 6.58 Å². The number of carbonyl (C=O) groups is 1. The van der Waals surface area contributed by atoms with Crippen LogP contribution in [-0.2, 0) is 9.53 Å². The monoisotopic (exact) mass is 266 g/mol. The van der Waals surface area contributed by atoms with Crippen LogP contribution in [0, 0.1) is 20.8 Å². The van der Waals surface area contributed by atoms with E-state index in [1.54, 1.807) is 6.92 Å². The molecular weight excluding hydrogens is 248 g/mol. The second-order valence-corrected chi connectivity index (χ2v) is 4.60. The van der Waals surface area contributed by atoms with Crippen molar-refractivity contribution >= 4 is 18.6 Å². The number of ether oxygens (including phenoxy) is 2. The van der Waals surface area contributed by atoms with Gasteiger partial charge in [0.1, 0.15) is 5.75 Å². The summed E-state index contributed by atoms with van der Waals surface area (Å²) in [5.74, 6) is 0.135. The summed E-state index contributed by atoms with van der Waals surface area (Å²) in [6.45, 7) is 11.0. The number of thiol groups is 1. The van der Waals surface area contributed by atoms with Crippen molar-refractivity contribution < 1.29 is 14.3 Å². The molecule has 98 valence electrons. The highest BCUT2D eigenvalue weighted by Gasteiger charge is 2.14. The van der Waals surface area contributed by atoms with Gasteiger partial charge in [0.2, 0.25) is 6.29 Å². The van der Waals surface area contributed by atoms with E-state index in [-0.39, 0.29) is 0 Å². The first-order chi connectivity index (χ1) is 8.36. The summed E-state index contributed by atoms with van der Waals surface area (Å²) in [7, 11) is 0. The SMILES string of the molecule is C=CC(=O)OC(C)Oc1c(S)cc(C)c(C)c1C. The molecule has 0 saturated carbocycles. The summed E-state index contributed by atoms with van der Waals surface area (Å²) < 4.78 is 10.6. The molecule has 1 aromatic rings. The molecule has 0 aromatic heterocycles. The summed E-state index contributed by atoms with van der Waals surface area (Å²) in [5, 5.41) is 0. The summed E-state index contributed by atoms with van der Waals surface area (Å²) in [5.41, 5.74) is 3.30. The number of aryl methyl sites for hydroxylation is 1. The first-order valence-electron chi connectivity index (χ1n) is 5.66. The topological polar surface area (TPSA) is 35.5 Å². The maximum atomic E-state index is 11.1. The molecule has 0 N–H and O–H groups in total. The number of esters is 1. The Morgan fingerprint density at radius 3 is 2.56 bits per heavy atom. The van der Waals surface area contributed by atoms with Crippen LogP contribution >= 0.6 is 12.6 Å². The van der Waals surface area contributed by atoms with Crippen LogP contribution < -0.4 is 4.74 Å². The van der Waals surface area contributed by atoms with Crippen LogP contribution in [0.3, 0.4) is 0 Å². The average molecular weight is 266 g/mol. The van der Waals surface area contributed by atoms with E-state index < -0.39 is 12.3 Å². The highest BCUT2D eigenvalue weighted by molar-refractivity contribution is 7.80. The number of rotatable bonds is 4. The van der Waals surface area contributed by atoms with Gasteiger partial charge in [-0.3, -0.25) is 0 Å². The van der Waals surface area contributed by atoms with Gasteiger partial charge in [0, 0.05) is 17.9 Å². The molecule has 4 heteroatoms. The van der Waals surface area contributed by atoms with Gasteiger partial charge in [0.25, 0.3) is 0 Å². The van der Waals surface area contributed by atoms with E-state index in [9.17, 15) is 4.79 Å². The smallest absolute Gasteiger partial charge is 0.333 e. The van der Waals surface area contributed by atoms with Crippen LogP contribution in [0.4, 0.5) is 0 Å². The lowest BCUT2D eigenvalue weighted by Crippen LogP contribution is -2.20. The minimum Gasteiger partial charge on any atom is -0.454 e. The molecule has 0 bridgehead atoms. The van der Waals surface area contributed by atoms with Crippen molar-refractivity contribution in [3.05, 3.63) is 35.4 Å². The van der Waals surface area contributed by atoms with Gasteiger partial charge >= 0.3 is 5.97 Å². The number of carbonyl (C=O) groups excluding carboxylic acids is 1. The van der Waals surface area contributed by atoms with Crippen LogP contribution in [0.15, 0.2) is 23.6 Å². The van der Waals surface area contributed by atoms with Gasteiger partial charge in [-0.15, -0.1) is 12.6 Å². The summed E-state index contributed by atoms with van der Waals surface area (Å²) in [6.07, 6.45) is 0.427. The lowest BCUT2D eigenvalue weighted by atomic mass is 10.0. The Balaban J connectivity index is 2.94. The lowest BCUT2D eigenvalue weighted by Gasteiger charge is -2.19. The Kier molecular flexibility index (Phi) is 4.84. The van der Waals surface area contributed by atoms with Crippen molar-refractivity contribution in [3.63, 3.8) is 0 Å². The van der Waals surface area contributed by atoms with Crippen LogP contribution in [0.2, 0.25) is 0 Å². The van der Waals surface area contributed by atoms with E-state index in [0.29, 0.717) is 5.75 Å². The zero-order valence-corrected chi connectivity index (χ0v) is 12.0. The van der Waals surface area contributed by atoms with Crippen molar-refractivity contribution in [2.45, 2.75) is 38.9 Å². The molecule has 0 saturated heterocycles. The van der Waals surface area contributed by atoms with Crippen molar-refractivity contribution in [2.24, 2.45) is 0 Å². The third-order valence-electron chi connectivity index (χ3n) is 2.81. The van der Waals surface area contributed by atoms with Gasteiger partial charge in [0.15, 0.2) is 0 Å².